The third-order valence-electron chi connectivity index (χ3n) is 12.0. The summed E-state index contributed by atoms with van der Waals surface area (Å²) in [4.78, 5) is 2.44. The molecule has 11 aromatic rings. The number of rotatable bonds is 6. The third kappa shape index (κ3) is 5.36. The molecule has 0 aliphatic carbocycles. The largest absolute Gasteiger partial charge is 0.453 e. The summed E-state index contributed by atoms with van der Waals surface area (Å²) >= 11 is 0. The van der Waals surface area contributed by atoms with E-state index < -0.39 is 0 Å². The van der Waals surface area contributed by atoms with E-state index in [0.717, 1.165) is 56.4 Å². The van der Waals surface area contributed by atoms with E-state index in [-0.39, 0.29) is 0 Å². The van der Waals surface area contributed by atoms with Gasteiger partial charge in [0.05, 0.1) is 28.1 Å². The fraction of sp³-hybridized carbons (Fsp3) is 0. The van der Waals surface area contributed by atoms with Gasteiger partial charge in [0.2, 0.25) is 0 Å². The summed E-state index contributed by atoms with van der Waals surface area (Å²) in [5, 5.41) is 7.30. The summed E-state index contributed by atoms with van der Waals surface area (Å²) in [6, 6.07) is 78.9. The molecule has 1 aromatic heterocycles. The van der Waals surface area contributed by atoms with Crippen LogP contribution in [-0.2, 0) is 0 Å². The lowest BCUT2D eigenvalue weighted by molar-refractivity contribution is 0.476. The number of nitrogens with zero attached hydrogens (tertiary/aromatic N) is 2. The predicted octanol–water partition coefficient (Wildman–Crippen LogP) is 15.7. The second-order valence-electron chi connectivity index (χ2n) is 15.3. The Hall–Kier alpha value is -7.88. The van der Waals surface area contributed by atoms with Crippen LogP contribution in [0.3, 0.4) is 0 Å². The van der Waals surface area contributed by atoms with Crippen LogP contribution < -0.4 is 9.64 Å². The number of fused-ring (bicyclic) bond motifs is 7. The smallest absolute Gasteiger partial charge is 0.152 e. The summed E-state index contributed by atoms with van der Waals surface area (Å²) in [6.45, 7) is 0. The van der Waals surface area contributed by atoms with Crippen molar-refractivity contribution in [1.82, 2.24) is 4.57 Å². The Morgan fingerprint density at radius 3 is 1.85 bits per heavy atom. The van der Waals surface area contributed by atoms with Crippen LogP contribution >= 0.6 is 0 Å². The molecule has 0 amide bonds. The van der Waals surface area contributed by atoms with E-state index in [0.29, 0.717) is 0 Å². The molecule has 3 nitrogen and oxygen atoms in total. The molecule has 0 radical (unpaired) electrons. The van der Waals surface area contributed by atoms with Gasteiger partial charge in [0, 0.05) is 27.6 Å². The SMILES string of the molecule is c1ccc2c(c1)Oc1cccc3c4cc(-c5ccccc5N(c5ccc(-c6ccc7ccccc7c6)cc5)c5ccccc5-c5cccc6ccccc56)ccc4n-2c13. The number of para-hydroxylation sites is 5. The summed E-state index contributed by atoms with van der Waals surface area (Å²) < 4.78 is 8.80. The van der Waals surface area contributed by atoms with Crippen LogP contribution in [0.25, 0.3) is 82.4 Å². The highest BCUT2D eigenvalue weighted by Gasteiger charge is 2.25. The molecule has 0 saturated heterocycles. The van der Waals surface area contributed by atoms with Gasteiger partial charge in [-0.05, 0) is 104 Å². The molecule has 0 atom stereocenters. The standard InChI is InChI=1S/C56H36N2O/c1-2-15-40-35-41(28-27-37(40)13-1)38-29-32-43(33-30-38)57(51-23-8-6-19-47(51)46-20-11-16-39-14-3-4-17-44(39)46)50-22-7-5-18-45(50)42-31-34-52-49(36-42)48-21-12-26-55-56(48)58(52)53-24-9-10-25-54(53)59-55/h1-36H. The normalized spacial score (nSPS) is 11.9. The van der Waals surface area contributed by atoms with Crippen LogP contribution in [-0.4, -0.2) is 4.57 Å². The number of benzene rings is 10. The summed E-state index contributed by atoms with van der Waals surface area (Å²) in [5.74, 6) is 1.74. The minimum Gasteiger partial charge on any atom is -0.453 e. The van der Waals surface area contributed by atoms with E-state index in [4.69, 9.17) is 4.74 Å². The lowest BCUT2D eigenvalue weighted by atomic mass is 9.95. The van der Waals surface area contributed by atoms with Crippen LogP contribution in [0, 0.1) is 0 Å². The molecule has 0 fully saturated rings. The lowest BCUT2D eigenvalue weighted by Crippen LogP contribution is -2.12. The van der Waals surface area contributed by atoms with Gasteiger partial charge < -0.3 is 14.2 Å². The molecule has 1 aliphatic rings. The highest BCUT2D eigenvalue weighted by molar-refractivity contribution is 6.13. The minimum atomic E-state index is 0.867. The molecule has 0 N–H and O–H groups in total. The average molecular weight is 753 g/mol. The van der Waals surface area contributed by atoms with Crippen molar-refractivity contribution in [1.29, 1.82) is 0 Å². The zero-order valence-corrected chi connectivity index (χ0v) is 32.1. The number of hydrogen-bond donors (Lipinski definition) is 0. The van der Waals surface area contributed by atoms with Gasteiger partial charge in [-0.1, -0.05) is 158 Å². The average Bonchev–Trinajstić information content (AvgIpc) is 3.64. The molecular formula is C56H36N2O. The number of aromatic nitrogens is 1. The monoisotopic (exact) mass is 752 g/mol. The molecule has 0 saturated carbocycles. The Morgan fingerprint density at radius 1 is 0.356 bits per heavy atom. The zero-order chi connectivity index (χ0) is 38.9. The molecule has 10 aromatic carbocycles. The van der Waals surface area contributed by atoms with E-state index >= 15 is 0 Å². The first kappa shape index (κ1) is 33.3. The second kappa shape index (κ2) is 13.4. The third-order valence-corrected chi connectivity index (χ3v) is 12.0. The summed E-state index contributed by atoms with van der Waals surface area (Å²) in [7, 11) is 0. The molecule has 12 rings (SSSR count). The van der Waals surface area contributed by atoms with Crippen molar-refractivity contribution < 1.29 is 4.74 Å². The Balaban J connectivity index is 1.06. The lowest BCUT2D eigenvalue weighted by Gasteiger charge is -2.30. The quantitative estimate of drug-likeness (QED) is 0.168. The van der Waals surface area contributed by atoms with E-state index in [1.54, 1.807) is 0 Å². The first-order chi connectivity index (χ1) is 29.3. The second-order valence-corrected chi connectivity index (χ2v) is 15.3. The van der Waals surface area contributed by atoms with Gasteiger partial charge in [-0.2, -0.15) is 0 Å². The van der Waals surface area contributed by atoms with Crippen molar-refractivity contribution in [3.05, 3.63) is 218 Å². The fourth-order valence-corrected chi connectivity index (χ4v) is 9.23. The fourth-order valence-electron chi connectivity index (χ4n) is 9.23. The van der Waals surface area contributed by atoms with Gasteiger partial charge in [-0.25, -0.2) is 0 Å². The molecule has 59 heavy (non-hydrogen) atoms. The van der Waals surface area contributed by atoms with Gasteiger partial charge in [0.1, 0.15) is 0 Å². The van der Waals surface area contributed by atoms with Crippen LogP contribution in [0.1, 0.15) is 0 Å². The number of hydrogen-bond acceptors (Lipinski definition) is 2. The molecule has 276 valence electrons. The molecule has 3 heteroatoms. The maximum atomic E-state index is 6.44. The summed E-state index contributed by atoms with van der Waals surface area (Å²) in [6.07, 6.45) is 0. The van der Waals surface area contributed by atoms with Crippen molar-refractivity contribution in [2.45, 2.75) is 0 Å². The van der Waals surface area contributed by atoms with Crippen LogP contribution in [0.2, 0.25) is 0 Å². The number of anilines is 3. The zero-order valence-electron chi connectivity index (χ0n) is 32.1. The Bertz CT molecular complexity index is 3430. The van der Waals surface area contributed by atoms with E-state index in [2.05, 4.69) is 216 Å². The molecule has 1 aliphatic heterocycles. The first-order valence-electron chi connectivity index (χ1n) is 20.2. The van der Waals surface area contributed by atoms with Crippen LogP contribution in [0.4, 0.5) is 17.1 Å². The highest BCUT2D eigenvalue weighted by Crippen LogP contribution is 2.49. The molecule has 2 heterocycles. The van der Waals surface area contributed by atoms with Gasteiger partial charge in [-0.15, -0.1) is 0 Å². The molecule has 0 bridgehead atoms. The topological polar surface area (TPSA) is 17.4 Å². The maximum Gasteiger partial charge on any atom is 0.152 e. The summed E-state index contributed by atoms with van der Waals surface area (Å²) in [5.41, 5.74) is 13.6. The van der Waals surface area contributed by atoms with Gasteiger partial charge in [-0.3, -0.25) is 0 Å². The van der Waals surface area contributed by atoms with Crippen molar-refractivity contribution in [2.75, 3.05) is 4.90 Å². The van der Waals surface area contributed by atoms with E-state index in [1.165, 1.54) is 54.6 Å². The Kier molecular flexibility index (Phi) is 7.54. The molecular weight excluding hydrogens is 717 g/mol. The van der Waals surface area contributed by atoms with Crippen molar-refractivity contribution in [2.24, 2.45) is 0 Å². The van der Waals surface area contributed by atoms with Gasteiger partial charge in [0.25, 0.3) is 0 Å². The maximum absolute atomic E-state index is 6.44. The molecule has 0 unspecified atom stereocenters. The van der Waals surface area contributed by atoms with Crippen molar-refractivity contribution >= 4 is 60.4 Å². The van der Waals surface area contributed by atoms with Crippen LogP contribution in [0.5, 0.6) is 11.5 Å². The van der Waals surface area contributed by atoms with Gasteiger partial charge >= 0.3 is 0 Å². The highest BCUT2D eigenvalue weighted by atomic mass is 16.5. The Morgan fingerprint density at radius 2 is 0.966 bits per heavy atom. The minimum absolute atomic E-state index is 0.867. The van der Waals surface area contributed by atoms with Gasteiger partial charge in [0.15, 0.2) is 11.5 Å². The van der Waals surface area contributed by atoms with Crippen molar-refractivity contribution in [3.63, 3.8) is 0 Å². The molecule has 0 spiro atoms. The number of ether oxygens (including phenoxy) is 1. The predicted molar refractivity (Wildman–Crippen MR) is 247 cm³/mol. The Labute approximate surface area is 342 Å². The van der Waals surface area contributed by atoms with Crippen LogP contribution in [0.15, 0.2) is 218 Å². The first-order valence-corrected chi connectivity index (χ1v) is 20.2. The van der Waals surface area contributed by atoms with Crippen molar-refractivity contribution in [3.8, 4) is 50.6 Å². The van der Waals surface area contributed by atoms with E-state index in [1.807, 2.05) is 12.1 Å². The van der Waals surface area contributed by atoms with E-state index in [9.17, 15) is 0 Å².